The Morgan fingerprint density at radius 1 is 1.03 bits per heavy atom. The van der Waals surface area contributed by atoms with E-state index in [4.69, 9.17) is 6.58 Å². The molecule has 0 saturated heterocycles. The van der Waals surface area contributed by atoms with Crippen LogP contribution < -0.4 is 0 Å². The summed E-state index contributed by atoms with van der Waals surface area (Å²) in [4.78, 5) is 0. The Morgan fingerprint density at radius 3 is 2.48 bits per heavy atom. The Morgan fingerprint density at radius 2 is 1.79 bits per heavy atom. The topological polar surface area (TPSA) is 30.7 Å². The van der Waals surface area contributed by atoms with Crippen LogP contribution in [0.4, 0.5) is 0 Å². The Balaban J connectivity index is 1.63. The SMILES string of the molecule is C=C(c1ccccc1)[C@@]12CC[C@H](n3ccnn3)C1CC(CCCCCC)=C2c1ccccc1. The first-order valence-corrected chi connectivity index (χ1v) is 12.6. The van der Waals surface area contributed by atoms with E-state index < -0.39 is 0 Å². The lowest BCUT2D eigenvalue weighted by Crippen LogP contribution is -2.28. The van der Waals surface area contributed by atoms with Gasteiger partial charge in [0.25, 0.3) is 0 Å². The molecule has 2 aromatic carbocycles. The van der Waals surface area contributed by atoms with Crippen molar-refractivity contribution in [3.63, 3.8) is 0 Å². The first-order chi connectivity index (χ1) is 16.3. The van der Waals surface area contributed by atoms with E-state index in [9.17, 15) is 0 Å². The summed E-state index contributed by atoms with van der Waals surface area (Å²) in [6, 6.07) is 22.3. The van der Waals surface area contributed by atoms with Gasteiger partial charge in [0.1, 0.15) is 0 Å². The first kappa shape index (κ1) is 21.9. The van der Waals surface area contributed by atoms with Crippen LogP contribution in [0.15, 0.2) is 85.2 Å². The minimum absolute atomic E-state index is 0.0561. The summed E-state index contributed by atoms with van der Waals surface area (Å²) in [5.41, 5.74) is 7.06. The van der Waals surface area contributed by atoms with Crippen molar-refractivity contribution >= 4 is 11.1 Å². The van der Waals surface area contributed by atoms with E-state index in [0.717, 1.165) is 19.3 Å². The molecule has 1 fully saturated rings. The fourth-order valence-corrected chi connectivity index (χ4v) is 6.59. The van der Waals surface area contributed by atoms with Crippen molar-refractivity contribution in [3.8, 4) is 0 Å². The summed E-state index contributed by atoms with van der Waals surface area (Å²) >= 11 is 0. The third-order valence-electron chi connectivity index (χ3n) is 8.03. The molecular weight excluding hydrogens is 402 g/mol. The molecule has 0 radical (unpaired) electrons. The maximum atomic E-state index is 4.80. The summed E-state index contributed by atoms with van der Waals surface area (Å²) in [7, 11) is 0. The second-order valence-corrected chi connectivity index (χ2v) is 9.77. The third-order valence-corrected chi connectivity index (χ3v) is 8.03. The summed E-state index contributed by atoms with van der Waals surface area (Å²) in [6.45, 7) is 7.08. The summed E-state index contributed by atoms with van der Waals surface area (Å²) in [5.74, 6) is 0.461. The Kier molecular flexibility index (Phi) is 6.30. The van der Waals surface area contributed by atoms with E-state index in [1.54, 1.807) is 11.1 Å². The molecule has 3 heteroatoms. The number of hydrogen-bond acceptors (Lipinski definition) is 2. The molecule has 0 amide bonds. The standard InChI is InChI=1S/C30H35N3/c1-3-4-5-8-17-26-22-27-28(33-21-20-31-32-33)18-19-30(27,23(2)24-13-9-6-10-14-24)29(26)25-15-11-7-12-16-25/h6-7,9-16,20-21,27-28H,2-5,8,17-19,22H2,1H3/t27?,28-,30-/m0/s1. The Hall–Kier alpha value is -2.94. The molecule has 3 aromatic rings. The van der Waals surface area contributed by atoms with Crippen LogP contribution in [0, 0.1) is 11.3 Å². The monoisotopic (exact) mass is 437 g/mol. The third kappa shape index (κ3) is 3.88. The van der Waals surface area contributed by atoms with Gasteiger partial charge in [0.15, 0.2) is 0 Å². The largest absolute Gasteiger partial charge is 0.249 e. The highest BCUT2D eigenvalue weighted by Gasteiger charge is 2.57. The van der Waals surface area contributed by atoms with E-state index in [1.165, 1.54) is 48.8 Å². The molecule has 1 aromatic heterocycles. The van der Waals surface area contributed by atoms with Crippen molar-refractivity contribution in [1.82, 2.24) is 15.0 Å². The van der Waals surface area contributed by atoms with Crippen LogP contribution >= 0.6 is 0 Å². The van der Waals surface area contributed by atoms with Gasteiger partial charge < -0.3 is 0 Å². The van der Waals surface area contributed by atoms with Gasteiger partial charge in [-0.15, -0.1) is 5.10 Å². The van der Waals surface area contributed by atoms with Crippen LogP contribution in [-0.4, -0.2) is 15.0 Å². The minimum Gasteiger partial charge on any atom is -0.249 e. The lowest BCUT2D eigenvalue weighted by atomic mass is 9.66. The lowest BCUT2D eigenvalue weighted by molar-refractivity contribution is 0.296. The van der Waals surface area contributed by atoms with Crippen LogP contribution in [0.1, 0.15) is 75.5 Å². The highest BCUT2D eigenvalue weighted by molar-refractivity contribution is 5.90. The molecule has 5 rings (SSSR count). The molecule has 0 spiro atoms. The Labute approximate surface area is 198 Å². The van der Waals surface area contributed by atoms with Gasteiger partial charge in [-0.25, -0.2) is 4.68 Å². The predicted octanol–water partition coefficient (Wildman–Crippen LogP) is 7.76. The number of unbranched alkanes of at least 4 members (excludes halogenated alkanes) is 3. The first-order valence-electron chi connectivity index (χ1n) is 12.6. The van der Waals surface area contributed by atoms with Gasteiger partial charge in [-0.05, 0) is 60.3 Å². The van der Waals surface area contributed by atoms with E-state index in [1.807, 2.05) is 12.4 Å². The molecule has 2 aliphatic carbocycles. The number of benzene rings is 2. The number of rotatable bonds is 9. The average Bonchev–Trinajstić information content (AvgIpc) is 3.58. The van der Waals surface area contributed by atoms with Gasteiger partial charge in [-0.1, -0.05) is 104 Å². The minimum atomic E-state index is -0.0561. The van der Waals surface area contributed by atoms with Crippen LogP contribution in [-0.2, 0) is 0 Å². The zero-order chi connectivity index (χ0) is 22.7. The molecule has 33 heavy (non-hydrogen) atoms. The number of allylic oxidation sites excluding steroid dienone is 3. The summed E-state index contributed by atoms with van der Waals surface area (Å²) in [5, 5.41) is 8.60. The fraction of sp³-hybridized carbons (Fsp3) is 0.400. The molecule has 3 atom stereocenters. The number of nitrogens with zero attached hydrogens (tertiary/aromatic N) is 3. The second-order valence-electron chi connectivity index (χ2n) is 9.77. The highest BCUT2D eigenvalue weighted by Crippen LogP contribution is 2.68. The summed E-state index contributed by atoms with van der Waals surface area (Å²) in [6.07, 6.45) is 13.6. The molecule has 2 aliphatic rings. The smallest absolute Gasteiger partial charge is 0.0693 e. The molecule has 1 heterocycles. The van der Waals surface area contributed by atoms with Gasteiger partial charge in [-0.3, -0.25) is 0 Å². The summed E-state index contributed by atoms with van der Waals surface area (Å²) < 4.78 is 2.12. The lowest BCUT2D eigenvalue weighted by Gasteiger charge is -2.37. The van der Waals surface area contributed by atoms with Crippen molar-refractivity contribution in [2.24, 2.45) is 11.3 Å². The zero-order valence-electron chi connectivity index (χ0n) is 19.8. The van der Waals surface area contributed by atoms with Gasteiger partial charge in [0, 0.05) is 11.6 Å². The van der Waals surface area contributed by atoms with Gasteiger partial charge in [0.2, 0.25) is 0 Å². The predicted molar refractivity (Wildman–Crippen MR) is 136 cm³/mol. The fourth-order valence-electron chi connectivity index (χ4n) is 6.59. The average molecular weight is 438 g/mol. The van der Waals surface area contributed by atoms with E-state index >= 15 is 0 Å². The van der Waals surface area contributed by atoms with Gasteiger partial charge in [-0.2, -0.15) is 0 Å². The quantitative estimate of drug-likeness (QED) is 0.320. The van der Waals surface area contributed by atoms with Crippen molar-refractivity contribution in [1.29, 1.82) is 0 Å². The van der Waals surface area contributed by atoms with Crippen molar-refractivity contribution in [3.05, 3.63) is 96.3 Å². The normalized spacial score (nSPS) is 24.3. The molecule has 1 saturated carbocycles. The molecule has 0 aliphatic heterocycles. The molecular formula is C30H35N3. The van der Waals surface area contributed by atoms with Crippen molar-refractivity contribution in [2.45, 2.75) is 64.3 Å². The van der Waals surface area contributed by atoms with Crippen molar-refractivity contribution in [2.75, 3.05) is 0 Å². The maximum Gasteiger partial charge on any atom is 0.0693 e. The van der Waals surface area contributed by atoms with Crippen LogP contribution in [0.3, 0.4) is 0 Å². The van der Waals surface area contributed by atoms with Crippen LogP contribution in [0.2, 0.25) is 0 Å². The van der Waals surface area contributed by atoms with Crippen LogP contribution in [0.5, 0.6) is 0 Å². The van der Waals surface area contributed by atoms with E-state index in [0.29, 0.717) is 12.0 Å². The number of hydrogen-bond donors (Lipinski definition) is 0. The highest BCUT2D eigenvalue weighted by atomic mass is 15.4. The number of fused-ring (bicyclic) bond motifs is 1. The molecule has 1 unspecified atom stereocenters. The van der Waals surface area contributed by atoms with Gasteiger partial charge in [0.05, 0.1) is 12.2 Å². The molecule has 0 N–H and O–H groups in total. The van der Waals surface area contributed by atoms with E-state index in [-0.39, 0.29) is 5.41 Å². The maximum absolute atomic E-state index is 4.80. The number of aromatic nitrogens is 3. The zero-order valence-corrected chi connectivity index (χ0v) is 19.8. The second kappa shape index (κ2) is 9.51. The van der Waals surface area contributed by atoms with Crippen molar-refractivity contribution < 1.29 is 0 Å². The van der Waals surface area contributed by atoms with Gasteiger partial charge >= 0.3 is 0 Å². The molecule has 170 valence electrons. The van der Waals surface area contributed by atoms with Crippen LogP contribution in [0.25, 0.3) is 11.1 Å². The van der Waals surface area contributed by atoms with E-state index in [2.05, 4.69) is 82.6 Å². The Bertz CT molecular complexity index is 1100. The molecule has 0 bridgehead atoms. The molecule has 3 nitrogen and oxygen atoms in total.